The number of allylic oxidation sites excluding steroid dienone is 1. The molecule has 0 saturated heterocycles. The third-order valence-electron chi connectivity index (χ3n) is 4.07. The molecule has 1 heterocycles. The molecule has 1 aromatic heterocycles. The summed E-state index contributed by atoms with van der Waals surface area (Å²) in [6.07, 6.45) is 3.73. The first-order valence-electron chi connectivity index (χ1n) is 9.20. The SMILES string of the molecule is C=C(/C=C(/CNC(=O)C(NC(=O)[C@H](CC(=O)O)NC(C)=O)c1cn[nH]c1)C(=C)C)OC. The van der Waals surface area contributed by atoms with Crippen LogP contribution in [0.25, 0.3) is 0 Å². The Kier molecular flexibility index (Phi) is 9.70. The number of methoxy groups -OCH3 is 1. The normalized spacial score (nSPS) is 12.8. The fourth-order valence-corrected chi connectivity index (χ4v) is 2.45. The number of carboxylic acids is 1. The summed E-state index contributed by atoms with van der Waals surface area (Å²) in [7, 11) is 1.46. The van der Waals surface area contributed by atoms with Crippen molar-refractivity contribution in [2.24, 2.45) is 0 Å². The molecule has 0 radical (unpaired) electrons. The van der Waals surface area contributed by atoms with Crippen LogP contribution >= 0.6 is 0 Å². The van der Waals surface area contributed by atoms with Crippen molar-refractivity contribution in [2.45, 2.75) is 32.4 Å². The van der Waals surface area contributed by atoms with Crippen LogP contribution in [0.15, 0.2) is 48.5 Å². The fourth-order valence-electron chi connectivity index (χ4n) is 2.45. The van der Waals surface area contributed by atoms with Crippen LogP contribution in [0.4, 0.5) is 0 Å². The lowest BCUT2D eigenvalue weighted by atomic mass is 10.1. The van der Waals surface area contributed by atoms with E-state index in [2.05, 4.69) is 39.3 Å². The molecule has 11 heteroatoms. The molecule has 0 fully saturated rings. The van der Waals surface area contributed by atoms with Crippen LogP contribution in [0, 0.1) is 0 Å². The molecule has 31 heavy (non-hydrogen) atoms. The maximum Gasteiger partial charge on any atom is 0.305 e. The molecule has 2 atom stereocenters. The van der Waals surface area contributed by atoms with Crippen molar-refractivity contribution in [3.05, 3.63) is 54.1 Å². The van der Waals surface area contributed by atoms with E-state index in [0.29, 0.717) is 22.5 Å². The maximum atomic E-state index is 12.8. The lowest BCUT2D eigenvalue weighted by Gasteiger charge is -2.22. The minimum atomic E-state index is -1.35. The Hall–Kier alpha value is -3.89. The highest BCUT2D eigenvalue weighted by molar-refractivity contribution is 5.94. The van der Waals surface area contributed by atoms with E-state index in [1.807, 2.05) is 0 Å². The quantitative estimate of drug-likeness (QED) is 0.234. The van der Waals surface area contributed by atoms with Gasteiger partial charge in [0.25, 0.3) is 0 Å². The summed E-state index contributed by atoms with van der Waals surface area (Å²) >= 11 is 0. The molecule has 0 bridgehead atoms. The van der Waals surface area contributed by atoms with E-state index >= 15 is 0 Å². The summed E-state index contributed by atoms with van der Waals surface area (Å²) < 4.78 is 5.01. The van der Waals surface area contributed by atoms with Crippen LogP contribution in [0.2, 0.25) is 0 Å². The molecule has 3 amide bonds. The summed E-state index contributed by atoms with van der Waals surface area (Å²) in [6, 6.07) is -2.54. The second kappa shape index (κ2) is 12.0. The number of hydrogen-bond donors (Lipinski definition) is 5. The maximum absolute atomic E-state index is 12.8. The molecule has 1 rings (SSSR count). The van der Waals surface area contributed by atoms with Gasteiger partial charge in [0.2, 0.25) is 17.7 Å². The zero-order valence-corrected chi connectivity index (χ0v) is 17.7. The van der Waals surface area contributed by atoms with E-state index in [-0.39, 0.29) is 6.54 Å². The minimum Gasteiger partial charge on any atom is -0.497 e. The number of aromatic amines is 1. The molecule has 0 aliphatic rings. The highest BCUT2D eigenvalue weighted by atomic mass is 16.5. The van der Waals surface area contributed by atoms with E-state index in [1.54, 1.807) is 13.0 Å². The number of carbonyl (C=O) groups is 4. The average molecular weight is 433 g/mol. The van der Waals surface area contributed by atoms with Gasteiger partial charge in [-0.1, -0.05) is 18.7 Å². The van der Waals surface area contributed by atoms with Gasteiger partial charge in [0.15, 0.2) is 0 Å². The summed E-state index contributed by atoms with van der Waals surface area (Å²) in [5.74, 6) is -2.91. The van der Waals surface area contributed by atoms with Crippen molar-refractivity contribution < 1.29 is 29.0 Å². The van der Waals surface area contributed by atoms with Crippen molar-refractivity contribution in [1.82, 2.24) is 26.1 Å². The molecule has 0 saturated carbocycles. The number of nitrogens with zero attached hydrogens (tertiary/aromatic N) is 1. The first kappa shape index (κ1) is 25.1. The summed E-state index contributed by atoms with van der Waals surface area (Å²) in [6.45, 7) is 10.5. The standard InChI is InChI=1S/C20H27N5O6/c1-11(2)14(6-12(3)31-5)8-21-20(30)18(15-9-22-23-10-15)25-19(29)16(7-17(27)28)24-13(4)26/h6,9-10,16,18H,1,3,7-8H2,2,4-5H3,(H,21,30)(H,22,23)(H,24,26)(H,25,29)(H,27,28)/b14-6-/t16-,18?/m0/s1. The van der Waals surface area contributed by atoms with Crippen molar-refractivity contribution in [1.29, 1.82) is 0 Å². The number of hydrogen-bond acceptors (Lipinski definition) is 6. The zero-order valence-electron chi connectivity index (χ0n) is 17.7. The number of aliphatic carboxylic acids is 1. The predicted molar refractivity (Wildman–Crippen MR) is 111 cm³/mol. The lowest BCUT2D eigenvalue weighted by molar-refractivity contribution is -0.140. The summed E-state index contributed by atoms with van der Waals surface area (Å²) in [5, 5.41) is 22.7. The minimum absolute atomic E-state index is 0.0744. The van der Waals surface area contributed by atoms with E-state index in [0.717, 1.165) is 6.92 Å². The van der Waals surface area contributed by atoms with Crippen molar-refractivity contribution in [3.63, 3.8) is 0 Å². The molecule has 0 aliphatic carbocycles. The number of ether oxygens (including phenoxy) is 1. The third-order valence-corrected chi connectivity index (χ3v) is 4.07. The van der Waals surface area contributed by atoms with E-state index < -0.39 is 42.2 Å². The van der Waals surface area contributed by atoms with Crippen LogP contribution in [0.5, 0.6) is 0 Å². The van der Waals surface area contributed by atoms with Gasteiger partial charge in [0, 0.05) is 25.2 Å². The molecule has 1 unspecified atom stereocenters. The van der Waals surface area contributed by atoms with Crippen LogP contribution in [-0.4, -0.2) is 58.7 Å². The van der Waals surface area contributed by atoms with Gasteiger partial charge in [-0.3, -0.25) is 24.3 Å². The van der Waals surface area contributed by atoms with Gasteiger partial charge in [0.05, 0.1) is 19.7 Å². The predicted octanol–water partition coefficient (Wildman–Crippen LogP) is 0.325. The molecule has 0 spiro atoms. The van der Waals surface area contributed by atoms with Crippen molar-refractivity contribution in [2.75, 3.05) is 13.7 Å². The topological polar surface area (TPSA) is 163 Å². The Labute approximate surface area is 179 Å². The highest BCUT2D eigenvalue weighted by Gasteiger charge is 2.29. The highest BCUT2D eigenvalue weighted by Crippen LogP contribution is 2.14. The van der Waals surface area contributed by atoms with Crippen LogP contribution in [0.3, 0.4) is 0 Å². The summed E-state index contributed by atoms with van der Waals surface area (Å²) in [4.78, 5) is 47.8. The Morgan fingerprint density at radius 1 is 1.23 bits per heavy atom. The van der Waals surface area contributed by atoms with Gasteiger partial charge in [0.1, 0.15) is 17.8 Å². The monoisotopic (exact) mass is 433 g/mol. The molecule has 0 aliphatic heterocycles. The smallest absolute Gasteiger partial charge is 0.305 e. The molecular formula is C20H27N5O6. The first-order chi connectivity index (χ1) is 14.5. The van der Waals surface area contributed by atoms with Gasteiger partial charge in [-0.2, -0.15) is 5.10 Å². The average Bonchev–Trinajstić information content (AvgIpc) is 3.21. The largest absolute Gasteiger partial charge is 0.497 e. The second-order valence-electron chi connectivity index (χ2n) is 6.66. The molecule has 168 valence electrons. The van der Waals surface area contributed by atoms with Gasteiger partial charge in [-0.05, 0) is 18.6 Å². The van der Waals surface area contributed by atoms with E-state index in [4.69, 9.17) is 9.84 Å². The fraction of sp³-hybridized carbons (Fsp3) is 0.350. The number of H-pyrrole nitrogens is 1. The van der Waals surface area contributed by atoms with Crippen LogP contribution < -0.4 is 16.0 Å². The second-order valence-corrected chi connectivity index (χ2v) is 6.66. The number of rotatable bonds is 12. The Morgan fingerprint density at radius 2 is 1.90 bits per heavy atom. The van der Waals surface area contributed by atoms with E-state index in [9.17, 15) is 19.2 Å². The number of carboxylic acid groups (broad SMARTS) is 1. The van der Waals surface area contributed by atoms with Gasteiger partial charge in [-0.25, -0.2) is 0 Å². The number of nitrogens with one attached hydrogen (secondary N) is 4. The first-order valence-corrected chi connectivity index (χ1v) is 9.20. The van der Waals surface area contributed by atoms with Gasteiger partial charge in [-0.15, -0.1) is 0 Å². The van der Waals surface area contributed by atoms with Crippen LogP contribution in [0.1, 0.15) is 31.9 Å². The lowest BCUT2D eigenvalue weighted by Crippen LogP contribution is -2.50. The Bertz CT molecular complexity index is 859. The van der Waals surface area contributed by atoms with Gasteiger partial charge >= 0.3 is 5.97 Å². The Balaban J connectivity index is 3.02. The molecular weight excluding hydrogens is 406 g/mol. The molecule has 1 aromatic rings. The number of amides is 3. The van der Waals surface area contributed by atoms with Crippen molar-refractivity contribution >= 4 is 23.7 Å². The number of carbonyl (C=O) groups excluding carboxylic acids is 3. The zero-order chi connectivity index (χ0) is 23.6. The Morgan fingerprint density at radius 3 is 2.39 bits per heavy atom. The van der Waals surface area contributed by atoms with Gasteiger partial charge < -0.3 is 25.8 Å². The van der Waals surface area contributed by atoms with Crippen LogP contribution in [-0.2, 0) is 23.9 Å². The molecule has 11 nitrogen and oxygen atoms in total. The van der Waals surface area contributed by atoms with E-state index in [1.165, 1.54) is 19.5 Å². The van der Waals surface area contributed by atoms with Crippen molar-refractivity contribution in [3.8, 4) is 0 Å². The molecule has 5 N–H and O–H groups in total. The number of aromatic nitrogens is 2. The summed E-state index contributed by atoms with van der Waals surface area (Å²) in [5.41, 5.74) is 1.67. The molecule has 0 aromatic carbocycles. The third kappa shape index (κ3) is 8.56.